The maximum Gasteiger partial charge on any atom is 0.263 e. The third-order valence-corrected chi connectivity index (χ3v) is 7.43. The van der Waals surface area contributed by atoms with Crippen LogP contribution in [0.5, 0.6) is 5.75 Å². The van der Waals surface area contributed by atoms with E-state index in [0.717, 1.165) is 5.56 Å². The molecule has 5 nitrogen and oxygen atoms in total. The van der Waals surface area contributed by atoms with Gasteiger partial charge in [-0.25, -0.2) is 8.42 Å². The number of nitrogens with zero attached hydrogens (tertiary/aromatic N) is 1. The molecule has 1 aliphatic rings. The quantitative estimate of drug-likeness (QED) is 0.714. The van der Waals surface area contributed by atoms with Crippen LogP contribution in [0.2, 0.25) is 10.0 Å². The molecule has 3 rings (SSSR count). The molecule has 2 atom stereocenters. The first-order valence-electron chi connectivity index (χ1n) is 8.95. The van der Waals surface area contributed by atoms with E-state index in [2.05, 4.69) is 0 Å². The molecule has 28 heavy (non-hydrogen) atoms. The molecule has 2 aromatic carbocycles. The third-order valence-electron chi connectivity index (χ3n) is 4.77. The summed E-state index contributed by atoms with van der Waals surface area (Å²) in [5, 5.41) is 0.184. The predicted octanol–water partition coefficient (Wildman–Crippen LogP) is 4.15. The minimum absolute atomic E-state index is 0.0767. The average molecular weight is 442 g/mol. The number of benzene rings is 2. The molecule has 1 amide bonds. The van der Waals surface area contributed by atoms with Crippen LogP contribution in [0.1, 0.15) is 24.2 Å². The van der Waals surface area contributed by atoms with Crippen molar-refractivity contribution in [3.05, 3.63) is 64.1 Å². The number of sulfone groups is 1. The molecule has 150 valence electrons. The number of hydrogen-bond donors (Lipinski definition) is 0. The largest absolute Gasteiger partial charge is 0.479 e. The van der Waals surface area contributed by atoms with Crippen molar-refractivity contribution in [1.82, 2.24) is 4.90 Å². The van der Waals surface area contributed by atoms with Crippen molar-refractivity contribution in [1.29, 1.82) is 0 Å². The van der Waals surface area contributed by atoms with Crippen LogP contribution in [0.25, 0.3) is 0 Å². The lowest BCUT2D eigenvalue weighted by molar-refractivity contribution is -0.137. The molecule has 0 bridgehead atoms. The molecule has 2 aromatic rings. The van der Waals surface area contributed by atoms with Gasteiger partial charge in [0.2, 0.25) is 0 Å². The topological polar surface area (TPSA) is 63.7 Å². The summed E-state index contributed by atoms with van der Waals surface area (Å²) in [6, 6.07) is 13.9. The summed E-state index contributed by atoms with van der Waals surface area (Å²) in [7, 11) is -3.35. The molecule has 0 spiro atoms. The number of amides is 1. The lowest BCUT2D eigenvalue weighted by atomic mass is 10.1. The van der Waals surface area contributed by atoms with E-state index in [1.54, 1.807) is 30.0 Å². The monoisotopic (exact) mass is 441 g/mol. The van der Waals surface area contributed by atoms with Gasteiger partial charge in [0.1, 0.15) is 5.75 Å². The lowest BCUT2D eigenvalue weighted by Crippen LogP contribution is -2.42. The van der Waals surface area contributed by atoms with Crippen molar-refractivity contribution in [2.75, 3.05) is 18.8 Å². The van der Waals surface area contributed by atoms with Gasteiger partial charge in [0, 0.05) is 18.1 Å². The van der Waals surface area contributed by atoms with Gasteiger partial charge in [0.15, 0.2) is 15.9 Å². The second-order valence-corrected chi connectivity index (χ2v) is 9.86. The number of halogens is 2. The highest BCUT2D eigenvalue weighted by molar-refractivity contribution is 7.91. The third kappa shape index (κ3) is 4.80. The molecule has 0 unspecified atom stereocenters. The standard InChI is InChI=1S/C20H21Cl2NO4S/c1-14(27-18-8-7-16(21)13-17(18)22)20(24)23-10-9-19(28(25,26)12-11-23)15-5-3-2-4-6-15/h2-8,13-14,19H,9-12H2,1H3/t14-,19+/m1/s1. The first-order chi connectivity index (χ1) is 13.3. The first-order valence-corrected chi connectivity index (χ1v) is 11.4. The fraction of sp³-hybridized carbons (Fsp3) is 0.350. The summed E-state index contributed by atoms with van der Waals surface area (Å²) in [5.74, 6) is 0.0126. The Balaban J connectivity index is 1.71. The van der Waals surface area contributed by atoms with E-state index in [4.69, 9.17) is 27.9 Å². The van der Waals surface area contributed by atoms with Gasteiger partial charge in [-0.2, -0.15) is 0 Å². The molecule has 1 heterocycles. The first kappa shape index (κ1) is 21.0. The van der Waals surface area contributed by atoms with Crippen molar-refractivity contribution >= 4 is 38.9 Å². The van der Waals surface area contributed by atoms with E-state index in [0.29, 0.717) is 28.8 Å². The summed E-state index contributed by atoms with van der Waals surface area (Å²) in [6.07, 6.45) is -0.443. The van der Waals surface area contributed by atoms with Gasteiger partial charge in [0.05, 0.1) is 16.0 Å². The molecule has 0 saturated carbocycles. The molecule has 8 heteroatoms. The normalized spacial score (nSPS) is 20.2. The smallest absolute Gasteiger partial charge is 0.263 e. The zero-order valence-electron chi connectivity index (χ0n) is 15.3. The van der Waals surface area contributed by atoms with Gasteiger partial charge < -0.3 is 9.64 Å². The van der Waals surface area contributed by atoms with Gasteiger partial charge in [-0.3, -0.25) is 4.79 Å². The molecule has 1 fully saturated rings. The second-order valence-electron chi connectivity index (χ2n) is 6.72. The average Bonchev–Trinajstić information content (AvgIpc) is 2.82. The zero-order chi connectivity index (χ0) is 20.3. The van der Waals surface area contributed by atoms with Crippen LogP contribution in [0.15, 0.2) is 48.5 Å². The minimum Gasteiger partial charge on any atom is -0.479 e. The van der Waals surface area contributed by atoms with Crippen molar-refractivity contribution in [2.24, 2.45) is 0 Å². The number of hydrogen-bond acceptors (Lipinski definition) is 4. The highest BCUT2D eigenvalue weighted by Gasteiger charge is 2.34. The summed E-state index contributed by atoms with van der Waals surface area (Å²) >= 11 is 12.0. The summed E-state index contributed by atoms with van der Waals surface area (Å²) in [5.41, 5.74) is 0.758. The van der Waals surface area contributed by atoms with Crippen molar-refractivity contribution < 1.29 is 17.9 Å². The van der Waals surface area contributed by atoms with Crippen LogP contribution >= 0.6 is 23.2 Å². The molecule has 0 N–H and O–H groups in total. The fourth-order valence-corrected chi connectivity index (χ4v) is 5.52. The van der Waals surface area contributed by atoms with Crippen molar-refractivity contribution in [2.45, 2.75) is 24.7 Å². The SMILES string of the molecule is C[C@@H](Oc1ccc(Cl)cc1Cl)C(=O)N1CC[C@@H](c2ccccc2)S(=O)(=O)CC1. The van der Waals surface area contributed by atoms with Gasteiger partial charge in [0.25, 0.3) is 5.91 Å². The van der Waals surface area contributed by atoms with E-state index in [1.807, 2.05) is 30.3 Å². The molecule has 0 radical (unpaired) electrons. The summed E-state index contributed by atoms with van der Waals surface area (Å²) in [6.45, 7) is 2.12. The maximum absolute atomic E-state index is 12.8. The molecule has 0 aromatic heterocycles. The Morgan fingerprint density at radius 1 is 1.14 bits per heavy atom. The van der Waals surface area contributed by atoms with Crippen LogP contribution in [-0.4, -0.2) is 44.2 Å². The van der Waals surface area contributed by atoms with Crippen LogP contribution in [-0.2, 0) is 14.6 Å². The maximum atomic E-state index is 12.8. The molecular formula is C20H21Cl2NO4S. The van der Waals surface area contributed by atoms with Crippen LogP contribution in [0.4, 0.5) is 0 Å². The fourth-order valence-electron chi connectivity index (χ4n) is 3.27. The minimum atomic E-state index is -3.35. The van der Waals surface area contributed by atoms with Crippen LogP contribution in [0, 0.1) is 0 Å². The summed E-state index contributed by atoms with van der Waals surface area (Å²) < 4.78 is 31.1. The number of carbonyl (C=O) groups is 1. The van der Waals surface area contributed by atoms with E-state index >= 15 is 0 Å². The molecule has 1 aliphatic heterocycles. The molecular weight excluding hydrogens is 421 g/mol. The highest BCUT2D eigenvalue weighted by atomic mass is 35.5. The van der Waals surface area contributed by atoms with Gasteiger partial charge in [-0.15, -0.1) is 0 Å². The van der Waals surface area contributed by atoms with Crippen LogP contribution < -0.4 is 4.74 Å². The highest BCUT2D eigenvalue weighted by Crippen LogP contribution is 2.31. The van der Waals surface area contributed by atoms with Crippen molar-refractivity contribution in [3.63, 3.8) is 0 Å². The van der Waals surface area contributed by atoms with E-state index < -0.39 is 21.2 Å². The summed E-state index contributed by atoms with van der Waals surface area (Å²) in [4.78, 5) is 14.4. The Morgan fingerprint density at radius 2 is 1.86 bits per heavy atom. The number of carbonyl (C=O) groups excluding carboxylic acids is 1. The van der Waals surface area contributed by atoms with Gasteiger partial charge in [-0.05, 0) is 37.1 Å². The Hall–Kier alpha value is -1.76. The second kappa shape index (κ2) is 8.72. The lowest BCUT2D eigenvalue weighted by Gasteiger charge is -2.24. The van der Waals surface area contributed by atoms with E-state index in [-0.39, 0.29) is 18.2 Å². The predicted molar refractivity (Wildman–Crippen MR) is 111 cm³/mol. The van der Waals surface area contributed by atoms with Crippen molar-refractivity contribution in [3.8, 4) is 5.75 Å². The van der Waals surface area contributed by atoms with E-state index in [9.17, 15) is 13.2 Å². The van der Waals surface area contributed by atoms with Crippen LogP contribution in [0.3, 0.4) is 0 Å². The van der Waals surface area contributed by atoms with E-state index in [1.165, 1.54) is 0 Å². The Labute approximate surface area is 175 Å². The van der Waals surface area contributed by atoms with Gasteiger partial charge in [-0.1, -0.05) is 53.5 Å². The number of rotatable bonds is 4. The zero-order valence-corrected chi connectivity index (χ0v) is 17.7. The Morgan fingerprint density at radius 3 is 2.54 bits per heavy atom. The molecule has 0 aliphatic carbocycles. The Kier molecular flexibility index (Phi) is 6.53. The molecule has 1 saturated heterocycles. The Bertz CT molecular complexity index is 950. The van der Waals surface area contributed by atoms with Gasteiger partial charge >= 0.3 is 0 Å². The number of ether oxygens (including phenoxy) is 1.